The van der Waals surface area contributed by atoms with E-state index in [0.29, 0.717) is 12.5 Å². The van der Waals surface area contributed by atoms with Gasteiger partial charge in [0.25, 0.3) is 0 Å². The van der Waals surface area contributed by atoms with Gasteiger partial charge in [0.2, 0.25) is 0 Å². The van der Waals surface area contributed by atoms with Crippen molar-refractivity contribution in [3.8, 4) is 0 Å². The maximum Gasteiger partial charge on any atom is 0.163 e. The summed E-state index contributed by atoms with van der Waals surface area (Å²) in [6, 6.07) is 0.289. The van der Waals surface area contributed by atoms with Gasteiger partial charge >= 0.3 is 0 Å². The largest absolute Gasteiger partial charge is 0.391 e. The predicted molar refractivity (Wildman–Crippen MR) is 49.7 cm³/mol. The SMILES string of the molecule is CC1(C)O[C@@H]2[C@H]3NC[C@@H](O)[C@H]3C[C@@H]2O1. The first kappa shape index (κ1) is 9.09. The molecular weight excluding hydrogens is 182 g/mol. The van der Waals surface area contributed by atoms with Gasteiger partial charge in [0.1, 0.15) is 6.10 Å². The second-order valence-electron chi connectivity index (χ2n) is 5.04. The van der Waals surface area contributed by atoms with Gasteiger partial charge in [-0.05, 0) is 20.3 Å². The Labute approximate surface area is 83.6 Å². The van der Waals surface area contributed by atoms with Gasteiger partial charge in [-0.2, -0.15) is 0 Å². The molecule has 0 amide bonds. The fourth-order valence-electron chi connectivity index (χ4n) is 3.08. The van der Waals surface area contributed by atoms with Crippen molar-refractivity contribution in [3.05, 3.63) is 0 Å². The summed E-state index contributed by atoms with van der Waals surface area (Å²) in [5.41, 5.74) is 0. The lowest BCUT2D eigenvalue weighted by Gasteiger charge is -2.22. The van der Waals surface area contributed by atoms with Gasteiger partial charge < -0.3 is 19.9 Å². The molecular formula is C10H17NO3. The van der Waals surface area contributed by atoms with Gasteiger partial charge in [-0.15, -0.1) is 0 Å². The lowest BCUT2D eigenvalue weighted by molar-refractivity contribution is -0.157. The number of fused-ring (bicyclic) bond motifs is 3. The van der Waals surface area contributed by atoms with Gasteiger partial charge in [-0.3, -0.25) is 0 Å². The zero-order valence-electron chi connectivity index (χ0n) is 8.56. The monoisotopic (exact) mass is 199 g/mol. The Morgan fingerprint density at radius 1 is 1.36 bits per heavy atom. The molecule has 2 N–H and O–H groups in total. The van der Waals surface area contributed by atoms with Crippen LogP contribution in [0.2, 0.25) is 0 Å². The zero-order valence-corrected chi connectivity index (χ0v) is 8.56. The van der Waals surface area contributed by atoms with Crippen molar-refractivity contribution in [3.63, 3.8) is 0 Å². The highest BCUT2D eigenvalue weighted by atomic mass is 16.8. The van der Waals surface area contributed by atoms with Crippen molar-refractivity contribution in [2.24, 2.45) is 5.92 Å². The van der Waals surface area contributed by atoms with Gasteiger partial charge in [0, 0.05) is 18.5 Å². The number of hydrogen-bond acceptors (Lipinski definition) is 4. The van der Waals surface area contributed by atoms with Crippen molar-refractivity contribution < 1.29 is 14.6 Å². The zero-order chi connectivity index (χ0) is 9.92. The van der Waals surface area contributed by atoms with Crippen molar-refractivity contribution in [1.82, 2.24) is 5.32 Å². The molecule has 0 aromatic rings. The molecule has 0 bridgehead atoms. The number of rotatable bonds is 0. The van der Waals surface area contributed by atoms with E-state index in [0.717, 1.165) is 6.42 Å². The van der Waals surface area contributed by atoms with Crippen molar-refractivity contribution in [1.29, 1.82) is 0 Å². The molecule has 80 valence electrons. The van der Waals surface area contributed by atoms with Crippen molar-refractivity contribution >= 4 is 0 Å². The Morgan fingerprint density at radius 2 is 2.14 bits per heavy atom. The summed E-state index contributed by atoms with van der Waals surface area (Å²) in [5, 5.41) is 13.0. The van der Waals surface area contributed by atoms with Crippen LogP contribution in [-0.4, -0.2) is 41.8 Å². The Hall–Kier alpha value is -0.160. The Kier molecular flexibility index (Phi) is 1.75. The van der Waals surface area contributed by atoms with E-state index >= 15 is 0 Å². The summed E-state index contributed by atoms with van der Waals surface area (Å²) in [6.07, 6.45) is 1.00. The number of aliphatic hydroxyl groups excluding tert-OH is 1. The molecule has 2 saturated heterocycles. The Bertz CT molecular complexity index is 256. The molecule has 1 aliphatic carbocycles. The molecule has 14 heavy (non-hydrogen) atoms. The van der Waals surface area contributed by atoms with Crippen LogP contribution >= 0.6 is 0 Å². The average Bonchev–Trinajstić information content (AvgIpc) is 2.63. The molecule has 5 atom stereocenters. The van der Waals surface area contributed by atoms with Gasteiger partial charge in [-0.25, -0.2) is 0 Å². The molecule has 0 aromatic heterocycles. The van der Waals surface area contributed by atoms with Crippen LogP contribution in [0.15, 0.2) is 0 Å². The fraction of sp³-hybridized carbons (Fsp3) is 1.00. The van der Waals surface area contributed by atoms with E-state index in [-0.39, 0.29) is 24.4 Å². The standard InChI is InChI=1S/C10H17NO3/c1-10(2)13-7-3-5-6(12)4-11-8(5)9(7)14-10/h5-9,11-12H,3-4H2,1-2H3/t5-,6-,7+,8+,9+/m1/s1. The van der Waals surface area contributed by atoms with Crippen molar-refractivity contribution in [2.45, 2.75) is 50.4 Å². The molecule has 2 aliphatic heterocycles. The van der Waals surface area contributed by atoms with E-state index in [9.17, 15) is 5.11 Å². The smallest absolute Gasteiger partial charge is 0.163 e. The molecule has 0 radical (unpaired) electrons. The summed E-state index contributed by atoms with van der Waals surface area (Å²) in [7, 11) is 0. The molecule has 0 spiro atoms. The molecule has 1 saturated carbocycles. The van der Waals surface area contributed by atoms with Crippen LogP contribution in [0.5, 0.6) is 0 Å². The second kappa shape index (κ2) is 2.70. The molecule has 0 aromatic carbocycles. The maximum atomic E-state index is 9.71. The lowest BCUT2D eigenvalue weighted by Crippen LogP contribution is -2.38. The second-order valence-corrected chi connectivity index (χ2v) is 5.04. The first-order chi connectivity index (χ1) is 6.57. The van der Waals surface area contributed by atoms with Crippen LogP contribution in [0, 0.1) is 5.92 Å². The fourth-order valence-corrected chi connectivity index (χ4v) is 3.08. The summed E-state index contributed by atoms with van der Waals surface area (Å²) >= 11 is 0. The molecule has 2 heterocycles. The Balaban J connectivity index is 1.80. The highest BCUT2D eigenvalue weighted by molar-refractivity contribution is 5.07. The molecule has 3 aliphatic rings. The minimum Gasteiger partial charge on any atom is -0.391 e. The summed E-state index contributed by atoms with van der Waals surface area (Å²) < 4.78 is 11.6. The first-order valence-electron chi connectivity index (χ1n) is 5.34. The highest BCUT2D eigenvalue weighted by Crippen LogP contribution is 2.43. The minimum absolute atomic E-state index is 0.132. The summed E-state index contributed by atoms with van der Waals surface area (Å²) in [4.78, 5) is 0. The van der Waals surface area contributed by atoms with Gasteiger partial charge in [0.05, 0.1) is 12.2 Å². The molecule has 4 nitrogen and oxygen atoms in total. The number of β-amino-alcohol motifs (C(OH)–C–C–N with tert-alkyl or cyclic N) is 1. The normalized spacial score (nSPS) is 54.6. The minimum atomic E-state index is -0.449. The van der Waals surface area contributed by atoms with E-state index in [4.69, 9.17) is 9.47 Å². The molecule has 3 fully saturated rings. The predicted octanol–water partition coefficient (Wildman–Crippen LogP) is -0.141. The lowest BCUT2D eigenvalue weighted by atomic mass is 10.0. The van der Waals surface area contributed by atoms with Crippen LogP contribution < -0.4 is 5.32 Å². The summed E-state index contributed by atoms with van der Waals surface area (Å²) in [6.45, 7) is 4.60. The van der Waals surface area contributed by atoms with Crippen molar-refractivity contribution in [2.75, 3.05) is 6.54 Å². The molecule has 4 heteroatoms. The summed E-state index contributed by atoms with van der Waals surface area (Å²) in [5.74, 6) is -0.128. The topological polar surface area (TPSA) is 50.7 Å². The van der Waals surface area contributed by atoms with Crippen LogP contribution in [0.3, 0.4) is 0 Å². The van der Waals surface area contributed by atoms with Gasteiger partial charge in [-0.1, -0.05) is 0 Å². The molecule has 3 rings (SSSR count). The van der Waals surface area contributed by atoms with E-state index in [2.05, 4.69) is 5.32 Å². The Morgan fingerprint density at radius 3 is 2.93 bits per heavy atom. The van der Waals surface area contributed by atoms with Gasteiger partial charge in [0.15, 0.2) is 5.79 Å². The van der Waals surface area contributed by atoms with Crippen LogP contribution in [0.25, 0.3) is 0 Å². The maximum absolute atomic E-state index is 9.71. The quantitative estimate of drug-likeness (QED) is 0.570. The first-order valence-corrected chi connectivity index (χ1v) is 5.34. The van der Waals surface area contributed by atoms with E-state index < -0.39 is 5.79 Å². The van der Waals surface area contributed by atoms with E-state index in [1.54, 1.807) is 0 Å². The number of nitrogens with one attached hydrogen (secondary N) is 1. The van der Waals surface area contributed by atoms with E-state index in [1.165, 1.54) is 0 Å². The third-order valence-corrected chi connectivity index (χ3v) is 3.60. The van der Waals surface area contributed by atoms with E-state index in [1.807, 2.05) is 13.8 Å². The van der Waals surface area contributed by atoms with Crippen LogP contribution in [-0.2, 0) is 9.47 Å². The highest BCUT2D eigenvalue weighted by Gasteiger charge is 2.56. The third kappa shape index (κ3) is 1.15. The number of aliphatic hydroxyl groups is 1. The number of ether oxygens (including phenoxy) is 2. The van der Waals surface area contributed by atoms with Crippen LogP contribution in [0.4, 0.5) is 0 Å². The van der Waals surface area contributed by atoms with Crippen LogP contribution in [0.1, 0.15) is 20.3 Å². The average molecular weight is 199 g/mol. The number of hydrogen-bond donors (Lipinski definition) is 2. The molecule has 0 unspecified atom stereocenters. The third-order valence-electron chi connectivity index (χ3n) is 3.60.